The van der Waals surface area contributed by atoms with Gasteiger partial charge in [0, 0.05) is 13.0 Å². The number of rotatable bonds is 10. The van der Waals surface area contributed by atoms with Crippen LogP contribution >= 0.6 is 0 Å². The molecule has 1 amide bonds. The molecule has 0 radical (unpaired) electrons. The lowest BCUT2D eigenvalue weighted by atomic mass is 9.80. The molecule has 0 heterocycles. The predicted molar refractivity (Wildman–Crippen MR) is 108 cm³/mol. The Bertz CT molecular complexity index is 510. The fraction of sp³-hybridized carbons (Fsp3) is 0.696. The number of hydrogen-bond donors (Lipinski definition) is 1. The molecule has 3 nitrogen and oxygen atoms in total. The molecular formula is C23H37NO2. The summed E-state index contributed by atoms with van der Waals surface area (Å²) >= 11 is 0. The van der Waals surface area contributed by atoms with Gasteiger partial charge in [0.25, 0.3) is 0 Å². The number of nitrogens with zero attached hydrogens (tertiary/aromatic N) is 1. The molecule has 2 rings (SSSR count). The zero-order valence-electron chi connectivity index (χ0n) is 16.7. The van der Waals surface area contributed by atoms with Gasteiger partial charge in [-0.15, -0.1) is 0 Å². The molecule has 0 bridgehead atoms. The third-order valence-electron chi connectivity index (χ3n) is 6.02. The quantitative estimate of drug-likeness (QED) is 0.650. The lowest BCUT2D eigenvalue weighted by Crippen LogP contribution is -2.44. The number of likely N-dealkylation sites (N-methyl/N-ethyl adjacent to an activating group) is 1. The van der Waals surface area contributed by atoms with Crippen molar-refractivity contribution < 1.29 is 9.90 Å². The number of amides is 1. The maximum Gasteiger partial charge on any atom is 0.225 e. The molecule has 2 unspecified atom stereocenters. The lowest BCUT2D eigenvalue weighted by Gasteiger charge is -2.33. The van der Waals surface area contributed by atoms with Crippen LogP contribution in [-0.4, -0.2) is 35.6 Å². The van der Waals surface area contributed by atoms with Crippen LogP contribution in [0.2, 0.25) is 0 Å². The Morgan fingerprint density at radius 2 is 1.88 bits per heavy atom. The second-order valence-electron chi connectivity index (χ2n) is 8.05. The molecule has 0 aliphatic heterocycles. The van der Waals surface area contributed by atoms with Gasteiger partial charge in [0.2, 0.25) is 5.91 Å². The van der Waals surface area contributed by atoms with Crippen LogP contribution in [0, 0.1) is 11.8 Å². The Labute approximate surface area is 159 Å². The molecule has 2 atom stereocenters. The van der Waals surface area contributed by atoms with E-state index in [1.807, 2.05) is 30.1 Å². The van der Waals surface area contributed by atoms with Gasteiger partial charge >= 0.3 is 0 Å². The number of carbonyl (C=O) groups is 1. The first-order valence-corrected chi connectivity index (χ1v) is 10.6. The third kappa shape index (κ3) is 6.42. The van der Waals surface area contributed by atoms with E-state index in [-0.39, 0.29) is 24.5 Å². The van der Waals surface area contributed by atoms with Crippen LogP contribution < -0.4 is 0 Å². The summed E-state index contributed by atoms with van der Waals surface area (Å²) in [6, 6.07) is 10.0. The molecule has 0 spiro atoms. The van der Waals surface area contributed by atoms with Crippen LogP contribution in [0.5, 0.6) is 0 Å². The highest BCUT2D eigenvalue weighted by Gasteiger charge is 2.29. The Morgan fingerprint density at radius 3 is 2.50 bits per heavy atom. The molecule has 0 aromatic heterocycles. The SMILES string of the molecule is CCCCC(CC1CCCCC1)C(=O)N(C)C(CO)Cc1ccccc1. The first kappa shape index (κ1) is 21.0. The van der Waals surface area contributed by atoms with Gasteiger partial charge in [0.15, 0.2) is 0 Å². The van der Waals surface area contributed by atoms with Crippen molar-refractivity contribution in [3.05, 3.63) is 35.9 Å². The zero-order valence-corrected chi connectivity index (χ0v) is 16.7. The van der Waals surface area contributed by atoms with E-state index < -0.39 is 0 Å². The number of hydrogen-bond acceptors (Lipinski definition) is 2. The van der Waals surface area contributed by atoms with E-state index in [2.05, 4.69) is 19.1 Å². The summed E-state index contributed by atoms with van der Waals surface area (Å²) in [6.07, 6.45) is 11.5. The van der Waals surface area contributed by atoms with Crippen molar-refractivity contribution in [3.8, 4) is 0 Å². The largest absolute Gasteiger partial charge is 0.394 e. The summed E-state index contributed by atoms with van der Waals surface area (Å²) in [7, 11) is 1.88. The smallest absolute Gasteiger partial charge is 0.225 e. The Morgan fingerprint density at radius 1 is 1.19 bits per heavy atom. The number of aliphatic hydroxyl groups is 1. The highest BCUT2D eigenvalue weighted by molar-refractivity contribution is 5.79. The second-order valence-corrected chi connectivity index (χ2v) is 8.05. The fourth-order valence-electron chi connectivity index (χ4n) is 4.30. The molecule has 146 valence electrons. The van der Waals surface area contributed by atoms with E-state index in [1.165, 1.54) is 37.7 Å². The summed E-state index contributed by atoms with van der Waals surface area (Å²) in [4.78, 5) is 15.1. The van der Waals surface area contributed by atoms with E-state index in [0.717, 1.165) is 25.7 Å². The van der Waals surface area contributed by atoms with Crippen molar-refractivity contribution in [2.24, 2.45) is 11.8 Å². The summed E-state index contributed by atoms with van der Waals surface area (Å²) in [5.41, 5.74) is 1.17. The molecule has 26 heavy (non-hydrogen) atoms. The van der Waals surface area contributed by atoms with E-state index >= 15 is 0 Å². The van der Waals surface area contributed by atoms with E-state index in [0.29, 0.717) is 12.3 Å². The van der Waals surface area contributed by atoms with Gasteiger partial charge in [0.1, 0.15) is 0 Å². The topological polar surface area (TPSA) is 40.5 Å². The van der Waals surface area contributed by atoms with Crippen LogP contribution in [-0.2, 0) is 11.2 Å². The average molecular weight is 360 g/mol. The van der Waals surface area contributed by atoms with Gasteiger partial charge in [-0.25, -0.2) is 0 Å². The van der Waals surface area contributed by atoms with Gasteiger partial charge in [-0.05, 0) is 30.7 Å². The number of carbonyl (C=O) groups excluding carboxylic acids is 1. The normalized spacial score (nSPS) is 17.7. The molecule has 1 aliphatic carbocycles. The molecule has 1 aliphatic rings. The average Bonchev–Trinajstić information content (AvgIpc) is 2.69. The Hall–Kier alpha value is -1.35. The molecule has 1 fully saturated rings. The molecule has 1 aromatic rings. The summed E-state index contributed by atoms with van der Waals surface area (Å²) < 4.78 is 0. The summed E-state index contributed by atoms with van der Waals surface area (Å²) in [6.45, 7) is 2.21. The summed E-state index contributed by atoms with van der Waals surface area (Å²) in [5.74, 6) is 1.07. The highest BCUT2D eigenvalue weighted by Crippen LogP contribution is 2.31. The zero-order chi connectivity index (χ0) is 18.8. The van der Waals surface area contributed by atoms with Gasteiger partial charge < -0.3 is 10.0 Å². The predicted octanol–water partition coefficient (Wildman–Crippen LogP) is 4.83. The monoisotopic (exact) mass is 359 g/mol. The second kappa shape index (κ2) is 11.4. The van der Waals surface area contributed by atoms with Crippen molar-refractivity contribution in [2.45, 2.75) is 77.2 Å². The fourth-order valence-corrected chi connectivity index (χ4v) is 4.30. The van der Waals surface area contributed by atoms with Crippen molar-refractivity contribution in [1.82, 2.24) is 4.90 Å². The lowest BCUT2D eigenvalue weighted by molar-refractivity contribution is -0.138. The minimum absolute atomic E-state index is 0.0149. The minimum Gasteiger partial charge on any atom is -0.394 e. The van der Waals surface area contributed by atoms with Crippen LogP contribution in [0.1, 0.15) is 70.3 Å². The molecule has 1 aromatic carbocycles. The van der Waals surface area contributed by atoms with Gasteiger partial charge in [-0.2, -0.15) is 0 Å². The van der Waals surface area contributed by atoms with Crippen molar-refractivity contribution in [1.29, 1.82) is 0 Å². The molecule has 1 saturated carbocycles. The number of aliphatic hydroxyl groups excluding tert-OH is 1. The third-order valence-corrected chi connectivity index (χ3v) is 6.02. The maximum atomic E-state index is 13.2. The number of unbranched alkanes of at least 4 members (excludes halogenated alkanes) is 1. The molecule has 1 N–H and O–H groups in total. The van der Waals surface area contributed by atoms with Crippen LogP contribution in [0.15, 0.2) is 30.3 Å². The van der Waals surface area contributed by atoms with Crippen molar-refractivity contribution >= 4 is 5.91 Å². The number of benzene rings is 1. The Balaban J connectivity index is 2.00. The Kier molecular flexibility index (Phi) is 9.17. The van der Waals surface area contributed by atoms with E-state index in [1.54, 1.807) is 0 Å². The molecular weight excluding hydrogens is 322 g/mol. The van der Waals surface area contributed by atoms with Crippen LogP contribution in [0.3, 0.4) is 0 Å². The van der Waals surface area contributed by atoms with Gasteiger partial charge in [-0.1, -0.05) is 82.2 Å². The standard InChI is InChI=1S/C23H37NO2/c1-3-4-15-21(16-19-11-7-5-8-12-19)23(26)24(2)22(18-25)17-20-13-9-6-10-14-20/h6,9-10,13-14,19,21-22,25H,3-5,7-8,11-12,15-18H2,1-2H3. The van der Waals surface area contributed by atoms with E-state index in [9.17, 15) is 9.90 Å². The van der Waals surface area contributed by atoms with Crippen molar-refractivity contribution in [2.75, 3.05) is 13.7 Å². The van der Waals surface area contributed by atoms with Gasteiger partial charge in [-0.3, -0.25) is 4.79 Å². The first-order chi connectivity index (χ1) is 12.7. The maximum absolute atomic E-state index is 13.2. The van der Waals surface area contributed by atoms with Crippen LogP contribution in [0.25, 0.3) is 0 Å². The summed E-state index contributed by atoms with van der Waals surface area (Å²) in [5, 5.41) is 9.89. The highest BCUT2D eigenvalue weighted by atomic mass is 16.3. The van der Waals surface area contributed by atoms with Crippen molar-refractivity contribution in [3.63, 3.8) is 0 Å². The van der Waals surface area contributed by atoms with Gasteiger partial charge in [0.05, 0.1) is 12.6 Å². The minimum atomic E-state index is -0.139. The van der Waals surface area contributed by atoms with E-state index in [4.69, 9.17) is 0 Å². The van der Waals surface area contributed by atoms with Crippen LogP contribution in [0.4, 0.5) is 0 Å². The first-order valence-electron chi connectivity index (χ1n) is 10.6. The molecule has 0 saturated heterocycles. The molecule has 3 heteroatoms.